The predicted molar refractivity (Wildman–Crippen MR) is 83.9 cm³/mol. The predicted octanol–water partition coefficient (Wildman–Crippen LogP) is 3.16. The summed E-state index contributed by atoms with van der Waals surface area (Å²) in [6.45, 7) is 3.94. The molecule has 1 aromatic carbocycles. The Hall–Kier alpha value is -2.56. The minimum atomic E-state index is -0.246. The number of rotatable bonds is 5. The van der Waals surface area contributed by atoms with Crippen molar-refractivity contribution in [3.8, 4) is 5.75 Å². The molecule has 0 atom stereocenters. The van der Waals surface area contributed by atoms with Crippen LogP contribution in [0.15, 0.2) is 42.5 Å². The third kappa shape index (κ3) is 4.21. The molecule has 2 N–H and O–H groups in total. The summed E-state index contributed by atoms with van der Waals surface area (Å²) >= 11 is 0. The van der Waals surface area contributed by atoms with Gasteiger partial charge in [-0.25, -0.2) is 4.98 Å². The molecule has 0 aliphatic heterocycles. The van der Waals surface area contributed by atoms with Crippen molar-refractivity contribution in [2.45, 2.75) is 20.0 Å². The smallest absolute Gasteiger partial charge is 0.274 e. The number of carbonyl (C=O) groups is 1. The van der Waals surface area contributed by atoms with Crippen LogP contribution < -0.4 is 15.4 Å². The summed E-state index contributed by atoms with van der Waals surface area (Å²) in [6.07, 6.45) is 0.124. The highest BCUT2D eigenvalue weighted by Crippen LogP contribution is 2.17. The zero-order chi connectivity index (χ0) is 15.2. The van der Waals surface area contributed by atoms with E-state index in [0.717, 1.165) is 5.75 Å². The van der Waals surface area contributed by atoms with Gasteiger partial charge in [0.05, 0.1) is 6.10 Å². The fraction of sp³-hybridized carbons (Fsp3) is 0.250. The van der Waals surface area contributed by atoms with E-state index in [1.54, 1.807) is 37.4 Å². The van der Waals surface area contributed by atoms with Crippen molar-refractivity contribution >= 4 is 17.4 Å². The number of nitrogens with zero attached hydrogens (tertiary/aromatic N) is 1. The molecule has 0 aliphatic carbocycles. The summed E-state index contributed by atoms with van der Waals surface area (Å²) < 4.78 is 5.56. The van der Waals surface area contributed by atoms with Gasteiger partial charge in [-0.05, 0) is 50.2 Å². The van der Waals surface area contributed by atoms with Crippen molar-refractivity contribution in [2.75, 3.05) is 17.7 Å². The van der Waals surface area contributed by atoms with Gasteiger partial charge in [0.2, 0.25) is 0 Å². The molecule has 1 aromatic heterocycles. The molecule has 1 amide bonds. The molecule has 0 fully saturated rings. The molecule has 0 aliphatic rings. The Morgan fingerprint density at radius 1 is 1.14 bits per heavy atom. The lowest BCUT2D eigenvalue weighted by Gasteiger charge is -2.10. The van der Waals surface area contributed by atoms with Crippen LogP contribution in [-0.2, 0) is 0 Å². The van der Waals surface area contributed by atoms with E-state index >= 15 is 0 Å². The third-order valence-corrected chi connectivity index (χ3v) is 2.72. The van der Waals surface area contributed by atoms with Crippen molar-refractivity contribution in [2.24, 2.45) is 0 Å². The molecule has 0 radical (unpaired) electrons. The van der Waals surface area contributed by atoms with Gasteiger partial charge in [0.25, 0.3) is 5.91 Å². The monoisotopic (exact) mass is 285 g/mol. The van der Waals surface area contributed by atoms with Gasteiger partial charge in [-0.1, -0.05) is 6.07 Å². The van der Waals surface area contributed by atoms with Gasteiger partial charge in [-0.15, -0.1) is 0 Å². The van der Waals surface area contributed by atoms with Crippen LogP contribution in [0.3, 0.4) is 0 Å². The third-order valence-electron chi connectivity index (χ3n) is 2.72. The Morgan fingerprint density at radius 2 is 1.86 bits per heavy atom. The number of hydrogen-bond donors (Lipinski definition) is 2. The fourth-order valence-electron chi connectivity index (χ4n) is 1.78. The Labute approximate surface area is 124 Å². The lowest BCUT2D eigenvalue weighted by Crippen LogP contribution is -2.14. The highest BCUT2D eigenvalue weighted by Gasteiger charge is 2.08. The van der Waals surface area contributed by atoms with E-state index in [0.29, 0.717) is 17.2 Å². The van der Waals surface area contributed by atoms with Crippen molar-refractivity contribution in [1.29, 1.82) is 0 Å². The second-order valence-corrected chi connectivity index (χ2v) is 4.80. The van der Waals surface area contributed by atoms with Gasteiger partial charge in [0.15, 0.2) is 0 Å². The first-order chi connectivity index (χ1) is 10.1. The molecule has 0 saturated carbocycles. The summed E-state index contributed by atoms with van der Waals surface area (Å²) in [6, 6.07) is 12.5. The number of carbonyl (C=O) groups excluding carboxylic acids is 1. The van der Waals surface area contributed by atoms with E-state index in [4.69, 9.17) is 4.74 Å². The molecular weight excluding hydrogens is 266 g/mol. The number of ether oxygens (including phenoxy) is 1. The molecule has 0 spiro atoms. The van der Waals surface area contributed by atoms with E-state index in [1.165, 1.54) is 0 Å². The van der Waals surface area contributed by atoms with Crippen molar-refractivity contribution < 1.29 is 9.53 Å². The number of anilines is 2. The van der Waals surface area contributed by atoms with E-state index in [9.17, 15) is 4.79 Å². The molecule has 110 valence electrons. The van der Waals surface area contributed by atoms with Crippen LogP contribution in [0.2, 0.25) is 0 Å². The summed E-state index contributed by atoms with van der Waals surface area (Å²) in [4.78, 5) is 16.3. The number of amides is 1. The summed E-state index contributed by atoms with van der Waals surface area (Å²) in [5.74, 6) is 1.19. The molecule has 5 nitrogen and oxygen atoms in total. The second-order valence-electron chi connectivity index (χ2n) is 4.80. The van der Waals surface area contributed by atoms with Crippen molar-refractivity contribution in [1.82, 2.24) is 4.98 Å². The van der Waals surface area contributed by atoms with E-state index in [1.807, 2.05) is 26.0 Å². The maximum atomic E-state index is 12.1. The first-order valence-electron chi connectivity index (χ1n) is 6.81. The first-order valence-corrected chi connectivity index (χ1v) is 6.81. The normalized spacial score (nSPS) is 10.3. The van der Waals surface area contributed by atoms with Gasteiger partial charge < -0.3 is 15.4 Å². The highest BCUT2D eigenvalue weighted by molar-refractivity contribution is 6.03. The molecular formula is C16H19N3O2. The number of aromatic nitrogens is 1. The average molecular weight is 285 g/mol. The number of benzene rings is 1. The Kier molecular flexibility index (Phi) is 4.77. The van der Waals surface area contributed by atoms with Crippen LogP contribution in [0.1, 0.15) is 24.3 Å². The quantitative estimate of drug-likeness (QED) is 0.885. The molecule has 0 bridgehead atoms. The Bertz CT molecular complexity index is 609. The average Bonchev–Trinajstić information content (AvgIpc) is 2.49. The van der Waals surface area contributed by atoms with Gasteiger partial charge >= 0.3 is 0 Å². The maximum Gasteiger partial charge on any atom is 0.274 e. The number of nitrogens with one attached hydrogen (secondary N) is 2. The summed E-state index contributed by atoms with van der Waals surface area (Å²) in [5.41, 5.74) is 1.07. The standard InChI is InChI=1S/C16H19N3O2/c1-11(2)21-13-9-7-12(8-10-13)18-16(20)14-5-4-6-15(17-3)19-14/h4-11H,1-3H3,(H,17,19)(H,18,20). The van der Waals surface area contributed by atoms with Gasteiger partial charge in [0.1, 0.15) is 17.3 Å². The van der Waals surface area contributed by atoms with Crippen molar-refractivity contribution in [3.63, 3.8) is 0 Å². The van der Waals surface area contributed by atoms with Crippen LogP contribution in [0.5, 0.6) is 5.75 Å². The minimum Gasteiger partial charge on any atom is -0.491 e. The molecule has 2 rings (SSSR count). The Balaban J connectivity index is 2.05. The van der Waals surface area contributed by atoms with E-state index in [-0.39, 0.29) is 12.0 Å². The van der Waals surface area contributed by atoms with Crippen LogP contribution in [0.4, 0.5) is 11.5 Å². The zero-order valence-electron chi connectivity index (χ0n) is 12.4. The summed E-state index contributed by atoms with van der Waals surface area (Å²) in [7, 11) is 1.76. The second kappa shape index (κ2) is 6.74. The molecule has 1 heterocycles. The highest BCUT2D eigenvalue weighted by atomic mass is 16.5. The van der Waals surface area contributed by atoms with Crippen LogP contribution in [0, 0.1) is 0 Å². The molecule has 21 heavy (non-hydrogen) atoms. The Morgan fingerprint density at radius 3 is 2.48 bits per heavy atom. The topological polar surface area (TPSA) is 63.2 Å². The van der Waals surface area contributed by atoms with Gasteiger partial charge in [-0.2, -0.15) is 0 Å². The van der Waals surface area contributed by atoms with Gasteiger partial charge in [0, 0.05) is 12.7 Å². The van der Waals surface area contributed by atoms with Crippen molar-refractivity contribution in [3.05, 3.63) is 48.2 Å². The van der Waals surface area contributed by atoms with E-state index < -0.39 is 0 Å². The van der Waals surface area contributed by atoms with Crippen LogP contribution >= 0.6 is 0 Å². The molecule has 0 saturated heterocycles. The SMILES string of the molecule is CNc1cccc(C(=O)Nc2ccc(OC(C)C)cc2)n1. The number of pyridine rings is 1. The maximum absolute atomic E-state index is 12.1. The van der Waals surface area contributed by atoms with Gasteiger partial charge in [-0.3, -0.25) is 4.79 Å². The molecule has 0 unspecified atom stereocenters. The summed E-state index contributed by atoms with van der Waals surface area (Å²) in [5, 5.41) is 5.71. The van der Waals surface area contributed by atoms with Crippen LogP contribution in [-0.4, -0.2) is 24.0 Å². The fourth-order valence-corrected chi connectivity index (χ4v) is 1.78. The van der Waals surface area contributed by atoms with E-state index in [2.05, 4.69) is 15.6 Å². The molecule has 2 aromatic rings. The molecule has 5 heteroatoms. The van der Waals surface area contributed by atoms with Crippen LogP contribution in [0.25, 0.3) is 0 Å². The largest absolute Gasteiger partial charge is 0.491 e. The first kappa shape index (κ1) is 14.8. The lowest BCUT2D eigenvalue weighted by molar-refractivity contribution is 0.102. The number of hydrogen-bond acceptors (Lipinski definition) is 4. The minimum absolute atomic E-state index is 0.124. The zero-order valence-corrected chi connectivity index (χ0v) is 12.4. The lowest BCUT2D eigenvalue weighted by atomic mass is 10.2.